The van der Waals surface area contributed by atoms with E-state index in [0.717, 1.165) is 24.2 Å². The van der Waals surface area contributed by atoms with E-state index in [1.54, 1.807) is 30.5 Å². The summed E-state index contributed by atoms with van der Waals surface area (Å²) in [6.45, 7) is 4.65. The molecule has 1 aromatic carbocycles. The second kappa shape index (κ2) is 7.78. The molecular weight excluding hydrogens is 378 g/mol. The van der Waals surface area contributed by atoms with Crippen LogP contribution in [0.4, 0.5) is 5.95 Å². The Bertz CT molecular complexity index is 1090. The number of nitrogens with one attached hydrogen (secondary N) is 1. The number of nitrogens with zero attached hydrogens (tertiary/aromatic N) is 4. The number of fused-ring (bicyclic) bond motifs is 1. The molecule has 0 atom stereocenters. The zero-order valence-electron chi connectivity index (χ0n) is 15.5. The number of hydrogen-bond donors (Lipinski definition) is 1. The highest BCUT2D eigenvalue weighted by Gasteiger charge is 2.19. The van der Waals surface area contributed by atoms with Gasteiger partial charge in [-0.1, -0.05) is 18.2 Å². The zero-order chi connectivity index (χ0) is 19.6. The molecule has 0 radical (unpaired) electrons. The van der Waals surface area contributed by atoms with Gasteiger partial charge in [0.1, 0.15) is 4.90 Å². The summed E-state index contributed by atoms with van der Waals surface area (Å²) in [5.74, 6) is 0.601. The van der Waals surface area contributed by atoms with Gasteiger partial charge >= 0.3 is 0 Å². The van der Waals surface area contributed by atoms with Gasteiger partial charge in [-0.3, -0.25) is 4.98 Å². The van der Waals surface area contributed by atoms with Gasteiger partial charge in [0, 0.05) is 30.4 Å². The molecule has 0 amide bonds. The Morgan fingerprint density at radius 1 is 1.14 bits per heavy atom. The quantitative estimate of drug-likeness (QED) is 0.697. The van der Waals surface area contributed by atoms with Gasteiger partial charge in [-0.2, -0.15) is 0 Å². The standard InChI is InChI=1S/C19H21N5O3S/c1-14-12-16(23-19(22-14)24-8-10-27-11-9-24)13-21-28(25,26)17-6-2-4-15-5-3-7-20-18(15)17/h2-7,12,21H,8-11,13H2,1H3. The maximum atomic E-state index is 12.9. The molecule has 0 aliphatic carbocycles. The van der Waals surface area contributed by atoms with Crippen LogP contribution in [-0.4, -0.2) is 49.7 Å². The van der Waals surface area contributed by atoms with Gasteiger partial charge in [-0.15, -0.1) is 0 Å². The number of rotatable bonds is 5. The van der Waals surface area contributed by atoms with Crippen LogP contribution in [0, 0.1) is 6.92 Å². The van der Waals surface area contributed by atoms with Gasteiger partial charge in [0.15, 0.2) is 0 Å². The van der Waals surface area contributed by atoms with Crippen LogP contribution in [0.15, 0.2) is 47.5 Å². The predicted molar refractivity (Wildman–Crippen MR) is 106 cm³/mol. The number of hydrogen-bond acceptors (Lipinski definition) is 7. The molecule has 0 bridgehead atoms. The predicted octanol–water partition coefficient (Wildman–Crippen LogP) is 1.65. The highest BCUT2D eigenvalue weighted by atomic mass is 32.2. The molecule has 3 aromatic rings. The lowest BCUT2D eigenvalue weighted by Gasteiger charge is -2.27. The highest BCUT2D eigenvalue weighted by Crippen LogP contribution is 2.21. The van der Waals surface area contributed by atoms with Crippen molar-refractivity contribution in [3.63, 3.8) is 0 Å². The van der Waals surface area contributed by atoms with Crippen molar-refractivity contribution in [2.45, 2.75) is 18.4 Å². The number of ether oxygens (including phenoxy) is 1. The highest BCUT2D eigenvalue weighted by molar-refractivity contribution is 7.89. The number of anilines is 1. The Morgan fingerprint density at radius 2 is 1.93 bits per heavy atom. The molecule has 1 aliphatic heterocycles. The SMILES string of the molecule is Cc1cc(CNS(=O)(=O)c2cccc3cccnc23)nc(N2CCOCC2)n1. The van der Waals surface area contributed by atoms with Crippen LogP contribution in [0.2, 0.25) is 0 Å². The Hall–Kier alpha value is -2.62. The Labute approximate surface area is 163 Å². The molecule has 0 unspecified atom stereocenters. The summed E-state index contributed by atoms with van der Waals surface area (Å²) in [6.07, 6.45) is 1.59. The third-order valence-corrected chi connectivity index (χ3v) is 5.95. The number of benzene rings is 1. The molecule has 0 spiro atoms. The van der Waals surface area contributed by atoms with Gasteiger partial charge in [0.25, 0.3) is 0 Å². The zero-order valence-corrected chi connectivity index (χ0v) is 16.3. The molecule has 1 aliphatic rings. The number of pyridine rings is 1. The largest absolute Gasteiger partial charge is 0.378 e. The van der Waals surface area contributed by atoms with Gasteiger partial charge in [-0.25, -0.2) is 23.1 Å². The summed E-state index contributed by atoms with van der Waals surface area (Å²) in [5, 5.41) is 0.776. The lowest BCUT2D eigenvalue weighted by atomic mass is 10.2. The molecule has 9 heteroatoms. The Morgan fingerprint density at radius 3 is 2.75 bits per heavy atom. The van der Waals surface area contributed by atoms with Crippen molar-refractivity contribution in [1.82, 2.24) is 19.7 Å². The maximum Gasteiger partial charge on any atom is 0.243 e. The molecule has 28 heavy (non-hydrogen) atoms. The third-order valence-electron chi connectivity index (χ3n) is 4.52. The van der Waals surface area contributed by atoms with Gasteiger partial charge < -0.3 is 9.64 Å². The number of aryl methyl sites for hydroxylation is 1. The first-order valence-electron chi connectivity index (χ1n) is 9.04. The lowest BCUT2D eigenvalue weighted by molar-refractivity contribution is 0.122. The van der Waals surface area contributed by atoms with Crippen LogP contribution in [-0.2, 0) is 21.3 Å². The van der Waals surface area contributed by atoms with Crippen molar-refractivity contribution in [3.05, 3.63) is 54.0 Å². The number of aromatic nitrogens is 3. The minimum Gasteiger partial charge on any atom is -0.378 e. The smallest absolute Gasteiger partial charge is 0.243 e. The molecule has 0 saturated carbocycles. The van der Waals surface area contributed by atoms with Crippen molar-refractivity contribution >= 4 is 26.9 Å². The molecule has 1 fully saturated rings. The molecule has 3 heterocycles. The fraction of sp³-hybridized carbons (Fsp3) is 0.316. The van der Waals surface area contributed by atoms with E-state index in [4.69, 9.17) is 4.74 Å². The summed E-state index contributed by atoms with van der Waals surface area (Å²) in [5.41, 5.74) is 1.86. The number of para-hydroxylation sites is 1. The van der Waals surface area contributed by atoms with Crippen LogP contribution in [0.3, 0.4) is 0 Å². The van der Waals surface area contributed by atoms with Crippen molar-refractivity contribution in [2.75, 3.05) is 31.2 Å². The molecule has 2 aromatic heterocycles. The fourth-order valence-corrected chi connectivity index (χ4v) is 4.33. The van der Waals surface area contributed by atoms with Gasteiger partial charge in [0.05, 0.1) is 31.0 Å². The number of morpholine rings is 1. The molecule has 146 valence electrons. The van der Waals surface area contributed by atoms with E-state index in [9.17, 15) is 8.42 Å². The third kappa shape index (κ3) is 3.96. The van der Waals surface area contributed by atoms with E-state index in [2.05, 4.69) is 19.7 Å². The monoisotopic (exact) mass is 399 g/mol. The lowest BCUT2D eigenvalue weighted by Crippen LogP contribution is -2.37. The minimum atomic E-state index is -3.74. The summed E-state index contributed by atoms with van der Waals surface area (Å²) < 4.78 is 33.7. The number of sulfonamides is 1. The van der Waals surface area contributed by atoms with Crippen molar-refractivity contribution in [3.8, 4) is 0 Å². The van der Waals surface area contributed by atoms with Crippen LogP contribution >= 0.6 is 0 Å². The average molecular weight is 399 g/mol. The van der Waals surface area contributed by atoms with E-state index in [1.165, 1.54) is 0 Å². The summed E-state index contributed by atoms with van der Waals surface area (Å²) in [7, 11) is -3.74. The molecule has 8 nitrogen and oxygen atoms in total. The summed E-state index contributed by atoms with van der Waals surface area (Å²) in [4.78, 5) is 15.4. The normalized spacial score (nSPS) is 15.1. The Balaban J connectivity index is 1.57. The average Bonchev–Trinajstić information content (AvgIpc) is 2.72. The molecule has 4 rings (SSSR count). The first-order valence-corrected chi connectivity index (χ1v) is 10.5. The summed E-state index contributed by atoms with van der Waals surface area (Å²) >= 11 is 0. The van der Waals surface area contributed by atoms with Crippen LogP contribution < -0.4 is 9.62 Å². The maximum absolute atomic E-state index is 12.9. The van der Waals surface area contributed by atoms with Crippen LogP contribution in [0.25, 0.3) is 10.9 Å². The van der Waals surface area contributed by atoms with Crippen LogP contribution in [0.5, 0.6) is 0 Å². The fourth-order valence-electron chi connectivity index (χ4n) is 3.15. The van der Waals surface area contributed by atoms with E-state index in [-0.39, 0.29) is 11.4 Å². The van der Waals surface area contributed by atoms with Crippen LogP contribution in [0.1, 0.15) is 11.4 Å². The second-order valence-corrected chi connectivity index (χ2v) is 8.29. The molecule has 1 saturated heterocycles. The molecule has 1 N–H and O–H groups in total. The van der Waals surface area contributed by atoms with E-state index < -0.39 is 10.0 Å². The van der Waals surface area contributed by atoms with Crippen molar-refractivity contribution in [1.29, 1.82) is 0 Å². The van der Waals surface area contributed by atoms with E-state index in [1.807, 2.05) is 24.0 Å². The first-order chi connectivity index (χ1) is 13.5. The molecular formula is C19H21N5O3S. The van der Waals surface area contributed by atoms with Crippen molar-refractivity contribution < 1.29 is 13.2 Å². The summed E-state index contributed by atoms with van der Waals surface area (Å²) in [6, 6.07) is 10.5. The van der Waals surface area contributed by atoms with E-state index in [0.29, 0.717) is 30.4 Å². The first kappa shape index (κ1) is 18.7. The minimum absolute atomic E-state index is 0.0756. The topological polar surface area (TPSA) is 97.3 Å². The van der Waals surface area contributed by atoms with Gasteiger partial charge in [0.2, 0.25) is 16.0 Å². The van der Waals surface area contributed by atoms with Crippen molar-refractivity contribution in [2.24, 2.45) is 0 Å². The second-order valence-electron chi connectivity index (χ2n) is 6.56. The van der Waals surface area contributed by atoms with E-state index >= 15 is 0 Å². The Kier molecular flexibility index (Phi) is 5.21. The van der Waals surface area contributed by atoms with Gasteiger partial charge in [-0.05, 0) is 25.1 Å².